The predicted octanol–water partition coefficient (Wildman–Crippen LogP) is -1.62. The number of likely N-dealkylation sites (N-methyl/N-ethyl adjacent to an activating group) is 2. The van der Waals surface area contributed by atoms with E-state index in [1.54, 1.807) is 0 Å². The molecule has 16 heavy (non-hydrogen) atoms. The highest BCUT2D eigenvalue weighted by Gasteiger charge is 2.42. The number of aliphatic hydroxyl groups is 1. The van der Waals surface area contributed by atoms with Gasteiger partial charge in [-0.3, -0.25) is 19.4 Å². The number of nitrogens with zero attached hydrogens (tertiary/aromatic N) is 2. The van der Waals surface area contributed by atoms with Crippen LogP contribution in [-0.2, 0) is 9.59 Å². The van der Waals surface area contributed by atoms with E-state index in [1.807, 2.05) is 6.92 Å². The van der Waals surface area contributed by atoms with Crippen LogP contribution in [0.15, 0.2) is 0 Å². The monoisotopic (exact) mass is 229 g/mol. The Bertz CT molecular complexity index is 318. The van der Waals surface area contributed by atoms with Gasteiger partial charge in [0.2, 0.25) is 0 Å². The SMILES string of the molecule is CCNCC(O)CN1C(=O)C(=O)N(C)C1=O. The largest absolute Gasteiger partial charge is 0.390 e. The van der Waals surface area contributed by atoms with E-state index in [0.717, 1.165) is 9.80 Å². The average molecular weight is 229 g/mol. The molecule has 4 amide bonds. The lowest BCUT2D eigenvalue weighted by Gasteiger charge is -2.17. The minimum absolute atomic E-state index is 0.166. The molecule has 0 aliphatic carbocycles. The van der Waals surface area contributed by atoms with E-state index < -0.39 is 23.9 Å². The summed E-state index contributed by atoms with van der Waals surface area (Å²) in [5.41, 5.74) is 0. The van der Waals surface area contributed by atoms with Crippen molar-refractivity contribution in [3.8, 4) is 0 Å². The lowest BCUT2D eigenvalue weighted by atomic mass is 10.3. The molecule has 0 bridgehead atoms. The third-order valence-corrected chi connectivity index (χ3v) is 2.27. The molecule has 1 fully saturated rings. The summed E-state index contributed by atoms with van der Waals surface area (Å²) in [6.45, 7) is 2.65. The van der Waals surface area contributed by atoms with Crippen LogP contribution < -0.4 is 5.32 Å². The highest BCUT2D eigenvalue weighted by atomic mass is 16.3. The van der Waals surface area contributed by atoms with Gasteiger partial charge in [-0.1, -0.05) is 6.92 Å². The smallest absolute Gasteiger partial charge is 0.334 e. The van der Waals surface area contributed by atoms with Crippen molar-refractivity contribution in [2.75, 3.05) is 26.7 Å². The first-order chi connectivity index (χ1) is 7.49. The van der Waals surface area contributed by atoms with Gasteiger partial charge in [0.15, 0.2) is 0 Å². The summed E-state index contributed by atoms with van der Waals surface area (Å²) in [4.78, 5) is 35.4. The Kier molecular flexibility index (Phi) is 3.97. The average Bonchev–Trinajstić information content (AvgIpc) is 2.44. The number of imide groups is 2. The fraction of sp³-hybridized carbons (Fsp3) is 0.667. The molecule has 1 heterocycles. The van der Waals surface area contributed by atoms with Crippen LogP contribution in [0, 0.1) is 0 Å². The second kappa shape index (κ2) is 5.04. The van der Waals surface area contributed by atoms with Crippen molar-refractivity contribution in [3.05, 3.63) is 0 Å². The highest BCUT2D eigenvalue weighted by Crippen LogP contribution is 2.09. The molecule has 1 aliphatic heterocycles. The molecule has 0 aromatic heterocycles. The number of rotatable bonds is 5. The number of amides is 4. The molecular weight excluding hydrogens is 214 g/mol. The first-order valence-electron chi connectivity index (χ1n) is 5.01. The van der Waals surface area contributed by atoms with Crippen LogP contribution in [0.1, 0.15) is 6.92 Å². The van der Waals surface area contributed by atoms with Crippen LogP contribution >= 0.6 is 0 Å². The Balaban J connectivity index is 2.57. The summed E-state index contributed by atoms with van der Waals surface area (Å²) in [5.74, 6) is -1.75. The molecule has 0 saturated carbocycles. The standard InChI is InChI=1S/C9H15N3O4/c1-3-10-4-6(13)5-12-8(15)7(14)11(2)9(12)16/h6,10,13H,3-5H2,1-2H3. The Morgan fingerprint density at radius 3 is 2.38 bits per heavy atom. The minimum Gasteiger partial charge on any atom is -0.390 e. The van der Waals surface area contributed by atoms with Crippen molar-refractivity contribution in [1.82, 2.24) is 15.1 Å². The zero-order chi connectivity index (χ0) is 12.3. The van der Waals surface area contributed by atoms with E-state index in [-0.39, 0.29) is 13.1 Å². The molecule has 90 valence electrons. The third kappa shape index (κ3) is 2.37. The Hall–Kier alpha value is -1.47. The molecule has 0 aromatic carbocycles. The molecule has 0 aromatic rings. The Morgan fingerprint density at radius 2 is 1.94 bits per heavy atom. The molecule has 0 radical (unpaired) electrons. The molecule has 7 nitrogen and oxygen atoms in total. The van der Waals surface area contributed by atoms with Crippen LogP contribution in [0.5, 0.6) is 0 Å². The van der Waals surface area contributed by atoms with E-state index in [4.69, 9.17) is 0 Å². The first kappa shape index (κ1) is 12.6. The fourth-order valence-electron chi connectivity index (χ4n) is 1.36. The summed E-state index contributed by atoms with van der Waals surface area (Å²) >= 11 is 0. The molecular formula is C9H15N3O4. The molecule has 1 saturated heterocycles. The lowest BCUT2D eigenvalue weighted by Crippen LogP contribution is -2.41. The van der Waals surface area contributed by atoms with Crippen LogP contribution in [0.4, 0.5) is 4.79 Å². The maximum absolute atomic E-state index is 11.4. The molecule has 1 rings (SSSR count). The van der Waals surface area contributed by atoms with Crippen molar-refractivity contribution in [2.45, 2.75) is 13.0 Å². The fourth-order valence-corrected chi connectivity index (χ4v) is 1.36. The third-order valence-electron chi connectivity index (χ3n) is 2.27. The number of hydrogen-bond donors (Lipinski definition) is 2. The molecule has 2 N–H and O–H groups in total. The number of nitrogens with one attached hydrogen (secondary N) is 1. The van der Waals surface area contributed by atoms with E-state index in [2.05, 4.69) is 5.32 Å². The zero-order valence-electron chi connectivity index (χ0n) is 9.27. The number of carbonyl (C=O) groups excluding carboxylic acids is 3. The van der Waals surface area contributed by atoms with E-state index in [0.29, 0.717) is 6.54 Å². The molecule has 0 spiro atoms. The van der Waals surface area contributed by atoms with Gasteiger partial charge < -0.3 is 10.4 Å². The van der Waals surface area contributed by atoms with E-state index in [1.165, 1.54) is 7.05 Å². The van der Waals surface area contributed by atoms with Crippen LogP contribution in [0.3, 0.4) is 0 Å². The van der Waals surface area contributed by atoms with Crippen molar-refractivity contribution in [1.29, 1.82) is 0 Å². The van der Waals surface area contributed by atoms with Crippen molar-refractivity contribution < 1.29 is 19.5 Å². The maximum Gasteiger partial charge on any atom is 0.334 e. The van der Waals surface area contributed by atoms with Gasteiger partial charge in [0, 0.05) is 13.6 Å². The van der Waals surface area contributed by atoms with Gasteiger partial charge in [-0.25, -0.2) is 4.79 Å². The Morgan fingerprint density at radius 1 is 1.31 bits per heavy atom. The summed E-state index contributed by atoms with van der Waals surface area (Å²) in [6, 6.07) is -0.689. The summed E-state index contributed by atoms with van der Waals surface area (Å²) in [5, 5.41) is 12.4. The van der Waals surface area contributed by atoms with E-state index in [9.17, 15) is 19.5 Å². The number of hydrogen-bond acceptors (Lipinski definition) is 5. The summed E-state index contributed by atoms with van der Waals surface area (Å²) < 4.78 is 0. The molecule has 1 unspecified atom stereocenters. The van der Waals surface area contributed by atoms with Gasteiger partial charge in [-0.2, -0.15) is 0 Å². The van der Waals surface area contributed by atoms with Crippen molar-refractivity contribution >= 4 is 17.8 Å². The van der Waals surface area contributed by atoms with Gasteiger partial charge in [-0.05, 0) is 6.54 Å². The number of carbonyl (C=O) groups is 3. The van der Waals surface area contributed by atoms with E-state index >= 15 is 0 Å². The van der Waals surface area contributed by atoms with Crippen molar-refractivity contribution in [3.63, 3.8) is 0 Å². The van der Waals surface area contributed by atoms with Gasteiger partial charge >= 0.3 is 17.8 Å². The molecule has 7 heteroatoms. The summed E-state index contributed by atoms with van der Waals surface area (Å²) in [7, 11) is 1.24. The van der Waals surface area contributed by atoms with Crippen LogP contribution in [0.2, 0.25) is 0 Å². The van der Waals surface area contributed by atoms with Gasteiger partial charge in [0.05, 0.1) is 12.6 Å². The zero-order valence-corrected chi connectivity index (χ0v) is 9.27. The molecule has 1 aliphatic rings. The second-order valence-corrected chi connectivity index (χ2v) is 3.52. The normalized spacial score (nSPS) is 18.6. The van der Waals surface area contributed by atoms with Gasteiger partial charge in [-0.15, -0.1) is 0 Å². The predicted molar refractivity (Wildman–Crippen MR) is 54.4 cm³/mol. The van der Waals surface area contributed by atoms with Gasteiger partial charge in [0.25, 0.3) is 0 Å². The van der Waals surface area contributed by atoms with Crippen LogP contribution in [0.25, 0.3) is 0 Å². The molecule has 1 atom stereocenters. The highest BCUT2D eigenvalue weighted by molar-refractivity contribution is 6.44. The van der Waals surface area contributed by atoms with Crippen LogP contribution in [-0.4, -0.2) is 65.5 Å². The van der Waals surface area contributed by atoms with Crippen molar-refractivity contribution in [2.24, 2.45) is 0 Å². The quantitative estimate of drug-likeness (QED) is 0.436. The number of urea groups is 1. The number of β-amino-alcohol motifs (C(OH)–C–C–N with tert-alkyl or cyclic N) is 1. The van der Waals surface area contributed by atoms with Gasteiger partial charge in [0.1, 0.15) is 0 Å². The second-order valence-electron chi connectivity index (χ2n) is 3.52. The summed E-state index contributed by atoms with van der Waals surface area (Å²) in [6.07, 6.45) is -0.868. The topological polar surface area (TPSA) is 89.9 Å². The first-order valence-corrected chi connectivity index (χ1v) is 5.01. The number of aliphatic hydroxyl groups excluding tert-OH is 1. The minimum atomic E-state index is -0.886. The maximum atomic E-state index is 11.4. The Labute approximate surface area is 93.0 Å². The lowest BCUT2D eigenvalue weighted by molar-refractivity contribution is -0.143.